The molecule has 0 aromatic rings. The van der Waals surface area contributed by atoms with Crippen LogP contribution in [-0.2, 0) is 0 Å². The van der Waals surface area contributed by atoms with Crippen LogP contribution in [0.15, 0.2) is 0 Å². The molecule has 0 aromatic carbocycles. The highest BCUT2D eigenvalue weighted by molar-refractivity contribution is 4.68. The Morgan fingerprint density at radius 2 is 1.80 bits per heavy atom. The fourth-order valence-corrected chi connectivity index (χ4v) is 0.968. The van der Waals surface area contributed by atoms with Crippen molar-refractivity contribution >= 4 is 0 Å². The average Bonchev–Trinajstić information content (AvgIpc) is 1.97. The largest absolute Gasteiger partial charge is 0.0654 e. The van der Waals surface area contributed by atoms with Crippen molar-refractivity contribution < 1.29 is 0 Å². The van der Waals surface area contributed by atoms with Crippen LogP contribution in [0.2, 0.25) is 0 Å². The summed E-state index contributed by atoms with van der Waals surface area (Å²) in [6.45, 7) is 4.37. The molecule has 0 saturated carbocycles. The molecule has 2 radical (unpaired) electrons. The molecule has 0 N–H and O–H groups in total. The van der Waals surface area contributed by atoms with E-state index in [0.29, 0.717) is 0 Å². The molecule has 0 amide bonds. The minimum Gasteiger partial charge on any atom is -0.0654 e. The minimum absolute atomic E-state index is 1.26. The summed E-state index contributed by atoms with van der Waals surface area (Å²) in [4.78, 5) is 0. The fourth-order valence-electron chi connectivity index (χ4n) is 0.968. The van der Waals surface area contributed by atoms with Gasteiger partial charge in [-0.1, -0.05) is 46.0 Å². The van der Waals surface area contributed by atoms with Crippen LogP contribution < -0.4 is 0 Å². The molecule has 0 aliphatic heterocycles. The van der Waals surface area contributed by atoms with E-state index in [4.69, 9.17) is 0 Å². The van der Waals surface area contributed by atoms with Crippen molar-refractivity contribution in [2.75, 3.05) is 0 Å². The zero-order chi connectivity index (χ0) is 7.66. The number of hydrogen-bond acceptors (Lipinski definition) is 0. The van der Waals surface area contributed by atoms with Crippen LogP contribution in [0.1, 0.15) is 52.4 Å². The van der Waals surface area contributed by atoms with Gasteiger partial charge in [0.2, 0.25) is 0 Å². The highest BCUT2D eigenvalue weighted by Gasteiger charge is 1.88. The monoisotopic (exact) mass is 140 g/mol. The molecule has 0 fully saturated rings. The van der Waals surface area contributed by atoms with Crippen LogP contribution in [0.5, 0.6) is 0 Å². The molecular formula is C10H20. The molecule has 0 rings (SSSR count). The Kier molecular flexibility index (Phi) is 9.00. The lowest BCUT2D eigenvalue weighted by molar-refractivity contribution is 0.689. The summed E-state index contributed by atoms with van der Waals surface area (Å²) in [7, 11) is 0. The third-order valence-corrected chi connectivity index (χ3v) is 1.67. The first-order valence-electron chi connectivity index (χ1n) is 4.51. The summed E-state index contributed by atoms with van der Waals surface area (Å²) < 4.78 is 0. The molecule has 0 aromatic heterocycles. The Labute approximate surface area is 66.0 Å². The summed E-state index contributed by atoms with van der Waals surface area (Å²) in [6.07, 6.45) is 12.6. The van der Waals surface area contributed by atoms with E-state index < -0.39 is 0 Å². The van der Waals surface area contributed by atoms with Gasteiger partial charge in [-0.25, -0.2) is 0 Å². The number of hydrogen-bond donors (Lipinski definition) is 0. The van der Waals surface area contributed by atoms with Gasteiger partial charge in [-0.2, -0.15) is 0 Å². The molecule has 0 aliphatic carbocycles. The molecule has 0 saturated heterocycles. The van der Waals surface area contributed by atoms with Crippen LogP contribution >= 0.6 is 0 Å². The molecule has 0 nitrogen and oxygen atoms in total. The smallest absolute Gasteiger partial charge is 0.0386 e. The second kappa shape index (κ2) is 9.00. The second-order valence-corrected chi connectivity index (χ2v) is 2.77. The number of rotatable bonds is 7. The third-order valence-electron chi connectivity index (χ3n) is 1.67. The molecule has 0 unspecified atom stereocenters. The van der Waals surface area contributed by atoms with Gasteiger partial charge in [0.05, 0.1) is 0 Å². The SMILES string of the molecule is C[CH]CC[CH]CCCCC. The van der Waals surface area contributed by atoms with Crippen LogP contribution in [0.25, 0.3) is 0 Å². The van der Waals surface area contributed by atoms with E-state index in [-0.39, 0.29) is 0 Å². The Bertz CT molecular complexity index is 40.0. The molecular weight excluding hydrogens is 120 g/mol. The van der Waals surface area contributed by atoms with E-state index in [1.54, 1.807) is 0 Å². The maximum absolute atomic E-state index is 2.41. The van der Waals surface area contributed by atoms with Crippen molar-refractivity contribution in [1.82, 2.24) is 0 Å². The highest BCUT2D eigenvalue weighted by Crippen LogP contribution is 2.06. The van der Waals surface area contributed by atoms with Gasteiger partial charge in [-0.3, -0.25) is 0 Å². The molecule has 0 heteroatoms. The van der Waals surface area contributed by atoms with Gasteiger partial charge >= 0.3 is 0 Å². The van der Waals surface area contributed by atoms with Gasteiger partial charge in [-0.15, -0.1) is 0 Å². The van der Waals surface area contributed by atoms with Crippen molar-refractivity contribution in [3.8, 4) is 0 Å². The highest BCUT2D eigenvalue weighted by atomic mass is 13.9. The molecule has 10 heavy (non-hydrogen) atoms. The summed E-state index contributed by atoms with van der Waals surface area (Å²) >= 11 is 0. The molecule has 0 atom stereocenters. The molecule has 0 spiro atoms. The number of unbranched alkanes of at least 4 members (excludes halogenated alkanes) is 7. The minimum atomic E-state index is 1.26. The standard InChI is InChI=1S/C10H20/c1-3-5-7-9-10-8-6-4-2/h3,9H,4-8,10H2,1-2H3. The van der Waals surface area contributed by atoms with Gasteiger partial charge < -0.3 is 0 Å². The molecule has 0 bridgehead atoms. The molecule has 0 aliphatic rings. The van der Waals surface area contributed by atoms with E-state index in [1.807, 2.05) is 0 Å². The topological polar surface area (TPSA) is 0 Å². The van der Waals surface area contributed by atoms with E-state index >= 15 is 0 Å². The van der Waals surface area contributed by atoms with Crippen LogP contribution in [0.3, 0.4) is 0 Å². The van der Waals surface area contributed by atoms with E-state index in [1.165, 1.54) is 38.5 Å². The maximum Gasteiger partial charge on any atom is -0.0386 e. The van der Waals surface area contributed by atoms with Crippen LogP contribution in [-0.4, -0.2) is 0 Å². The summed E-state index contributed by atoms with van der Waals surface area (Å²) in [5.41, 5.74) is 0. The first-order valence-corrected chi connectivity index (χ1v) is 4.51. The van der Waals surface area contributed by atoms with Crippen LogP contribution in [0, 0.1) is 12.8 Å². The van der Waals surface area contributed by atoms with Gasteiger partial charge in [0.15, 0.2) is 0 Å². The quantitative estimate of drug-likeness (QED) is 0.472. The van der Waals surface area contributed by atoms with Gasteiger partial charge in [0, 0.05) is 0 Å². The van der Waals surface area contributed by atoms with Crippen molar-refractivity contribution in [2.45, 2.75) is 52.4 Å². The third kappa shape index (κ3) is 8.00. The lowest BCUT2D eigenvalue weighted by Crippen LogP contribution is -1.79. The van der Waals surface area contributed by atoms with Crippen molar-refractivity contribution in [3.05, 3.63) is 12.8 Å². The van der Waals surface area contributed by atoms with Gasteiger partial charge in [-0.05, 0) is 19.3 Å². The van der Waals surface area contributed by atoms with E-state index in [2.05, 4.69) is 26.7 Å². The van der Waals surface area contributed by atoms with Crippen molar-refractivity contribution in [3.63, 3.8) is 0 Å². The Morgan fingerprint density at radius 3 is 2.40 bits per heavy atom. The van der Waals surface area contributed by atoms with Crippen molar-refractivity contribution in [2.24, 2.45) is 0 Å². The first kappa shape index (κ1) is 10.0. The zero-order valence-corrected chi connectivity index (χ0v) is 7.40. The van der Waals surface area contributed by atoms with Gasteiger partial charge in [0.1, 0.15) is 0 Å². The Hall–Kier alpha value is 0. The maximum atomic E-state index is 2.41. The van der Waals surface area contributed by atoms with Crippen molar-refractivity contribution in [1.29, 1.82) is 0 Å². The molecule has 0 heterocycles. The van der Waals surface area contributed by atoms with E-state index in [0.717, 1.165) is 0 Å². The van der Waals surface area contributed by atoms with Crippen LogP contribution in [0.4, 0.5) is 0 Å². The van der Waals surface area contributed by atoms with Gasteiger partial charge in [0.25, 0.3) is 0 Å². The average molecular weight is 140 g/mol. The normalized spacial score (nSPS) is 10.2. The Morgan fingerprint density at radius 1 is 1.00 bits per heavy atom. The predicted molar refractivity (Wildman–Crippen MR) is 47.7 cm³/mol. The summed E-state index contributed by atoms with van der Waals surface area (Å²) in [5, 5.41) is 0. The lowest BCUT2D eigenvalue weighted by atomic mass is 10.1. The summed E-state index contributed by atoms with van der Waals surface area (Å²) in [6, 6.07) is 0. The lowest BCUT2D eigenvalue weighted by Gasteiger charge is -1.97. The molecule has 60 valence electrons. The predicted octanol–water partition coefficient (Wildman–Crippen LogP) is 3.78. The fraction of sp³-hybridized carbons (Fsp3) is 0.800. The summed E-state index contributed by atoms with van der Waals surface area (Å²) in [5.74, 6) is 0. The second-order valence-electron chi connectivity index (χ2n) is 2.77. The Balaban J connectivity index is 2.65. The van der Waals surface area contributed by atoms with E-state index in [9.17, 15) is 0 Å². The zero-order valence-electron chi connectivity index (χ0n) is 7.40. The first-order chi connectivity index (χ1) is 4.91.